The number of carboxylic acids is 1. The van der Waals surface area contributed by atoms with Crippen molar-refractivity contribution in [3.8, 4) is 23.3 Å². The van der Waals surface area contributed by atoms with E-state index in [1.165, 1.54) is 0 Å². The molecule has 0 aliphatic heterocycles. The zero-order chi connectivity index (χ0) is 21.8. The lowest BCUT2D eigenvalue weighted by atomic mass is 9.96. The molecular formula is C24H21N3O3. The van der Waals surface area contributed by atoms with Crippen LogP contribution in [0, 0.1) is 22.7 Å². The molecule has 2 N–H and O–H groups in total. The lowest BCUT2D eigenvalue weighted by Gasteiger charge is -2.12. The summed E-state index contributed by atoms with van der Waals surface area (Å²) in [5.74, 6) is -1.09. The van der Waals surface area contributed by atoms with Gasteiger partial charge < -0.3 is 14.8 Å². The van der Waals surface area contributed by atoms with Crippen LogP contribution in [0.3, 0.4) is 0 Å². The molecule has 150 valence electrons. The maximum atomic E-state index is 11.9. The topological polar surface area (TPSA) is 110 Å². The maximum absolute atomic E-state index is 11.9. The summed E-state index contributed by atoms with van der Waals surface area (Å²) in [5, 5.41) is 38.9. The minimum atomic E-state index is -1.09. The van der Waals surface area contributed by atoms with E-state index in [9.17, 15) is 20.3 Å². The molecule has 0 aliphatic rings. The summed E-state index contributed by atoms with van der Waals surface area (Å²) in [6.07, 6.45) is 0.117. The molecule has 1 heterocycles. The standard InChI is InChI=1S/C24H21N3O3/c1-3-20-19(14-26)22(23(24(29)30)27(20)2)18-9-7-17(8-10-18)21(28)12-15-5-4-6-16(11-15)13-25/h4-11,21,28H,3,12H2,1-2H3,(H,29,30). The predicted octanol–water partition coefficient (Wildman–Crippen LogP) is 3.97. The summed E-state index contributed by atoms with van der Waals surface area (Å²) in [6, 6.07) is 18.2. The minimum Gasteiger partial charge on any atom is -0.477 e. The Bertz CT molecular complexity index is 1180. The van der Waals surface area contributed by atoms with Gasteiger partial charge in [0, 0.05) is 24.7 Å². The van der Waals surface area contributed by atoms with E-state index < -0.39 is 12.1 Å². The molecule has 0 radical (unpaired) electrons. The molecule has 6 heteroatoms. The Morgan fingerprint density at radius 1 is 1.13 bits per heavy atom. The highest BCUT2D eigenvalue weighted by Gasteiger charge is 2.25. The van der Waals surface area contributed by atoms with Gasteiger partial charge in [0.15, 0.2) is 0 Å². The second-order valence-electron chi connectivity index (χ2n) is 7.03. The molecule has 0 saturated heterocycles. The van der Waals surface area contributed by atoms with Crippen molar-refractivity contribution in [3.63, 3.8) is 0 Å². The number of nitrogens with zero attached hydrogens (tertiary/aromatic N) is 3. The molecule has 0 bridgehead atoms. The fraction of sp³-hybridized carbons (Fsp3) is 0.208. The number of hydrogen-bond acceptors (Lipinski definition) is 4. The van der Waals surface area contributed by atoms with E-state index in [0.717, 1.165) is 5.56 Å². The summed E-state index contributed by atoms with van der Waals surface area (Å²) in [6.45, 7) is 1.88. The number of aliphatic hydroxyl groups excluding tert-OH is 1. The Morgan fingerprint density at radius 2 is 1.83 bits per heavy atom. The van der Waals surface area contributed by atoms with Gasteiger partial charge in [-0.1, -0.05) is 43.3 Å². The van der Waals surface area contributed by atoms with Gasteiger partial charge in [0.25, 0.3) is 0 Å². The fourth-order valence-corrected chi connectivity index (χ4v) is 3.78. The van der Waals surface area contributed by atoms with Crippen LogP contribution >= 0.6 is 0 Å². The predicted molar refractivity (Wildman–Crippen MR) is 112 cm³/mol. The molecular weight excluding hydrogens is 378 g/mol. The van der Waals surface area contributed by atoms with E-state index >= 15 is 0 Å². The number of nitriles is 2. The molecule has 0 saturated carbocycles. The molecule has 1 atom stereocenters. The molecule has 0 fully saturated rings. The molecule has 6 nitrogen and oxygen atoms in total. The molecule has 2 aromatic carbocycles. The van der Waals surface area contributed by atoms with E-state index in [0.29, 0.717) is 46.4 Å². The lowest BCUT2D eigenvalue weighted by Crippen LogP contribution is -2.07. The van der Waals surface area contributed by atoms with Crippen molar-refractivity contribution in [1.82, 2.24) is 4.57 Å². The first-order valence-electron chi connectivity index (χ1n) is 9.53. The monoisotopic (exact) mass is 399 g/mol. The van der Waals surface area contributed by atoms with Crippen molar-refractivity contribution in [3.05, 3.63) is 82.2 Å². The first kappa shape index (κ1) is 20.9. The SMILES string of the molecule is CCc1c(C#N)c(-c2ccc(C(O)Cc3cccc(C#N)c3)cc2)c(C(=O)O)n1C. The second-order valence-corrected chi connectivity index (χ2v) is 7.03. The van der Waals surface area contributed by atoms with Crippen molar-refractivity contribution < 1.29 is 15.0 Å². The molecule has 1 unspecified atom stereocenters. The summed E-state index contributed by atoms with van der Waals surface area (Å²) >= 11 is 0. The first-order valence-corrected chi connectivity index (χ1v) is 9.53. The quantitative estimate of drug-likeness (QED) is 0.652. The Hall–Kier alpha value is -3.87. The van der Waals surface area contributed by atoms with Gasteiger partial charge in [0.1, 0.15) is 11.8 Å². The number of aromatic nitrogens is 1. The van der Waals surface area contributed by atoms with Crippen LogP contribution in [0.25, 0.3) is 11.1 Å². The highest BCUT2D eigenvalue weighted by molar-refractivity contribution is 5.97. The summed E-state index contributed by atoms with van der Waals surface area (Å²) in [4.78, 5) is 11.9. The van der Waals surface area contributed by atoms with Crippen LogP contribution in [-0.4, -0.2) is 20.7 Å². The van der Waals surface area contributed by atoms with Crippen LogP contribution in [0.2, 0.25) is 0 Å². The van der Waals surface area contributed by atoms with Gasteiger partial charge in [-0.15, -0.1) is 0 Å². The Labute approximate surface area is 174 Å². The van der Waals surface area contributed by atoms with Crippen molar-refractivity contribution in [2.24, 2.45) is 7.05 Å². The third kappa shape index (κ3) is 3.82. The van der Waals surface area contributed by atoms with Gasteiger partial charge in [0.2, 0.25) is 0 Å². The number of aromatic carboxylic acids is 1. The summed E-state index contributed by atoms with van der Waals surface area (Å²) < 4.78 is 1.56. The van der Waals surface area contributed by atoms with Crippen LogP contribution in [-0.2, 0) is 19.9 Å². The zero-order valence-corrected chi connectivity index (χ0v) is 16.8. The molecule has 0 amide bonds. The average molecular weight is 399 g/mol. The Balaban J connectivity index is 1.95. The maximum Gasteiger partial charge on any atom is 0.353 e. The fourth-order valence-electron chi connectivity index (χ4n) is 3.78. The Kier molecular flexibility index (Phi) is 6.01. The zero-order valence-electron chi connectivity index (χ0n) is 16.8. The van der Waals surface area contributed by atoms with Crippen LogP contribution < -0.4 is 0 Å². The van der Waals surface area contributed by atoms with Gasteiger partial charge in [-0.2, -0.15) is 10.5 Å². The average Bonchev–Trinajstić information content (AvgIpc) is 3.05. The van der Waals surface area contributed by atoms with Crippen molar-refractivity contribution >= 4 is 5.97 Å². The minimum absolute atomic E-state index is 0.0741. The van der Waals surface area contributed by atoms with Crippen LogP contribution in [0.15, 0.2) is 48.5 Å². The van der Waals surface area contributed by atoms with E-state index in [1.807, 2.05) is 13.0 Å². The Morgan fingerprint density at radius 3 is 2.40 bits per heavy atom. The van der Waals surface area contributed by atoms with Crippen molar-refractivity contribution in [1.29, 1.82) is 10.5 Å². The van der Waals surface area contributed by atoms with E-state index in [-0.39, 0.29) is 5.69 Å². The molecule has 1 aromatic heterocycles. The van der Waals surface area contributed by atoms with Gasteiger partial charge in [-0.05, 0) is 35.2 Å². The molecule has 3 rings (SSSR count). The highest BCUT2D eigenvalue weighted by atomic mass is 16.4. The molecule has 0 aliphatic carbocycles. The van der Waals surface area contributed by atoms with Crippen LogP contribution in [0.1, 0.15) is 51.5 Å². The van der Waals surface area contributed by atoms with Gasteiger partial charge in [-0.25, -0.2) is 4.79 Å². The largest absolute Gasteiger partial charge is 0.477 e. The lowest BCUT2D eigenvalue weighted by molar-refractivity contribution is 0.0687. The normalized spacial score (nSPS) is 11.5. The molecule has 3 aromatic rings. The van der Waals surface area contributed by atoms with Crippen molar-refractivity contribution in [2.75, 3.05) is 0 Å². The number of carbonyl (C=O) groups is 1. The van der Waals surface area contributed by atoms with E-state index in [4.69, 9.17) is 5.26 Å². The smallest absolute Gasteiger partial charge is 0.353 e. The first-order chi connectivity index (χ1) is 14.4. The van der Waals surface area contributed by atoms with Gasteiger partial charge in [-0.3, -0.25) is 0 Å². The third-order valence-electron chi connectivity index (χ3n) is 5.23. The van der Waals surface area contributed by atoms with Gasteiger partial charge in [0.05, 0.1) is 23.3 Å². The molecule has 0 spiro atoms. The summed E-state index contributed by atoms with van der Waals surface area (Å²) in [7, 11) is 1.65. The highest BCUT2D eigenvalue weighted by Crippen LogP contribution is 2.33. The second kappa shape index (κ2) is 8.65. The van der Waals surface area contributed by atoms with E-state index in [2.05, 4.69) is 12.1 Å². The van der Waals surface area contributed by atoms with Crippen molar-refractivity contribution in [2.45, 2.75) is 25.9 Å². The number of benzene rings is 2. The summed E-state index contributed by atoms with van der Waals surface area (Å²) in [5.41, 5.74) is 4.17. The number of aliphatic hydroxyl groups is 1. The van der Waals surface area contributed by atoms with Crippen LogP contribution in [0.5, 0.6) is 0 Å². The number of hydrogen-bond donors (Lipinski definition) is 2. The number of carboxylic acid groups (broad SMARTS) is 1. The van der Waals surface area contributed by atoms with Gasteiger partial charge >= 0.3 is 5.97 Å². The number of rotatable bonds is 6. The van der Waals surface area contributed by atoms with E-state index in [1.54, 1.807) is 54.1 Å². The van der Waals surface area contributed by atoms with Crippen LogP contribution in [0.4, 0.5) is 0 Å². The third-order valence-corrected chi connectivity index (χ3v) is 5.23. The molecule has 30 heavy (non-hydrogen) atoms.